The standard InChI is InChI=1S/C14H15N7/c1-15-14-11-12(21(3)7-17-11)8-4-9(18-13(8)19-14)10-5-16-6-20(10)2/h4-7H,1-3H3,(H2,15,18,19). The van der Waals surface area contributed by atoms with E-state index in [0.29, 0.717) is 0 Å². The number of hydrogen-bond donors (Lipinski definition) is 2. The van der Waals surface area contributed by atoms with E-state index in [4.69, 9.17) is 0 Å². The van der Waals surface area contributed by atoms with E-state index >= 15 is 0 Å². The number of H-pyrrole nitrogens is 1. The van der Waals surface area contributed by atoms with E-state index < -0.39 is 0 Å². The molecule has 0 spiro atoms. The fourth-order valence-corrected chi connectivity index (χ4v) is 2.73. The largest absolute Gasteiger partial charge is 0.371 e. The van der Waals surface area contributed by atoms with E-state index in [0.717, 1.165) is 39.3 Å². The molecule has 0 aromatic carbocycles. The molecule has 4 rings (SSSR count). The molecule has 0 aliphatic rings. The zero-order valence-corrected chi connectivity index (χ0v) is 12.0. The molecule has 4 aromatic rings. The van der Waals surface area contributed by atoms with Gasteiger partial charge < -0.3 is 19.4 Å². The summed E-state index contributed by atoms with van der Waals surface area (Å²) in [5.41, 5.74) is 4.80. The molecule has 0 radical (unpaired) electrons. The highest BCUT2D eigenvalue weighted by atomic mass is 15.1. The smallest absolute Gasteiger partial charge is 0.156 e. The van der Waals surface area contributed by atoms with Crippen molar-refractivity contribution in [2.24, 2.45) is 14.1 Å². The molecule has 0 aliphatic heterocycles. The van der Waals surface area contributed by atoms with Crippen molar-refractivity contribution in [3.63, 3.8) is 0 Å². The van der Waals surface area contributed by atoms with Gasteiger partial charge >= 0.3 is 0 Å². The van der Waals surface area contributed by atoms with Crippen LogP contribution >= 0.6 is 0 Å². The number of imidazole rings is 2. The Morgan fingerprint density at radius 2 is 2.05 bits per heavy atom. The summed E-state index contributed by atoms with van der Waals surface area (Å²) in [7, 11) is 5.82. The lowest BCUT2D eigenvalue weighted by Crippen LogP contribution is -1.95. The first-order chi connectivity index (χ1) is 10.2. The average molecular weight is 281 g/mol. The molecule has 4 heterocycles. The Labute approximate surface area is 120 Å². The van der Waals surface area contributed by atoms with Crippen LogP contribution in [0.2, 0.25) is 0 Å². The van der Waals surface area contributed by atoms with Crippen LogP contribution in [0.5, 0.6) is 0 Å². The van der Waals surface area contributed by atoms with Gasteiger partial charge in [-0.3, -0.25) is 0 Å². The van der Waals surface area contributed by atoms with Gasteiger partial charge in [0.25, 0.3) is 0 Å². The molecule has 0 saturated carbocycles. The second kappa shape index (κ2) is 4.08. The van der Waals surface area contributed by atoms with Crippen molar-refractivity contribution in [3.05, 3.63) is 24.9 Å². The molecule has 0 fully saturated rings. The predicted octanol–water partition coefficient (Wildman–Crippen LogP) is 1.89. The van der Waals surface area contributed by atoms with Crippen LogP contribution in [0.3, 0.4) is 0 Å². The van der Waals surface area contributed by atoms with Gasteiger partial charge in [-0.15, -0.1) is 0 Å². The molecule has 0 atom stereocenters. The third kappa shape index (κ3) is 1.57. The number of fused-ring (bicyclic) bond motifs is 3. The van der Waals surface area contributed by atoms with Gasteiger partial charge in [-0.1, -0.05) is 0 Å². The van der Waals surface area contributed by atoms with Gasteiger partial charge in [-0.2, -0.15) is 0 Å². The van der Waals surface area contributed by atoms with Crippen LogP contribution in [-0.2, 0) is 14.1 Å². The first kappa shape index (κ1) is 12.0. The minimum atomic E-state index is 0.775. The Morgan fingerprint density at radius 3 is 2.76 bits per heavy atom. The number of nitrogens with zero attached hydrogens (tertiary/aromatic N) is 5. The molecule has 7 heteroatoms. The SMILES string of the molecule is CNc1nc2[nH]c(-c3cncn3C)cc2c2c1ncn2C. The molecular formula is C14H15N7. The van der Waals surface area contributed by atoms with Crippen LogP contribution in [-0.4, -0.2) is 36.1 Å². The molecule has 4 aromatic heterocycles. The molecule has 21 heavy (non-hydrogen) atoms. The van der Waals surface area contributed by atoms with Crippen LogP contribution < -0.4 is 5.32 Å². The van der Waals surface area contributed by atoms with Crippen molar-refractivity contribution in [3.8, 4) is 11.4 Å². The molecule has 0 bridgehead atoms. The van der Waals surface area contributed by atoms with Crippen molar-refractivity contribution in [1.29, 1.82) is 0 Å². The highest BCUT2D eigenvalue weighted by Crippen LogP contribution is 2.31. The van der Waals surface area contributed by atoms with E-state index in [1.54, 1.807) is 6.33 Å². The van der Waals surface area contributed by atoms with E-state index in [-0.39, 0.29) is 0 Å². The van der Waals surface area contributed by atoms with Gasteiger partial charge in [0.15, 0.2) is 5.82 Å². The maximum absolute atomic E-state index is 4.62. The average Bonchev–Trinajstić information content (AvgIpc) is 3.15. The third-order valence-electron chi connectivity index (χ3n) is 3.77. The van der Waals surface area contributed by atoms with E-state index in [1.807, 2.05) is 42.8 Å². The third-order valence-corrected chi connectivity index (χ3v) is 3.77. The molecule has 0 unspecified atom stereocenters. The van der Waals surface area contributed by atoms with Gasteiger partial charge in [-0.25, -0.2) is 15.0 Å². The minimum Gasteiger partial charge on any atom is -0.371 e. The Hall–Kier alpha value is -2.83. The quantitative estimate of drug-likeness (QED) is 0.588. The molecular weight excluding hydrogens is 266 g/mol. The van der Waals surface area contributed by atoms with Crippen molar-refractivity contribution in [2.75, 3.05) is 12.4 Å². The number of anilines is 1. The van der Waals surface area contributed by atoms with Crippen molar-refractivity contribution < 1.29 is 0 Å². The van der Waals surface area contributed by atoms with Gasteiger partial charge in [-0.05, 0) is 6.07 Å². The molecule has 0 aliphatic carbocycles. The Balaban J connectivity index is 2.10. The second-order valence-corrected chi connectivity index (χ2v) is 5.10. The van der Waals surface area contributed by atoms with Crippen LogP contribution in [0.15, 0.2) is 24.9 Å². The first-order valence-corrected chi connectivity index (χ1v) is 6.67. The van der Waals surface area contributed by atoms with Gasteiger partial charge in [0.05, 0.1) is 35.8 Å². The predicted molar refractivity (Wildman–Crippen MR) is 82.1 cm³/mol. The van der Waals surface area contributed by atoms with Gasteiger partial charge in [0.1, 0.15) is 11.2 Å². The summed E-state index contributed by atoms with van der Waals surface area (Å²) >= 11 is 0. The Kier molecular flexibility index (Phi) is 2.32. The van der Waals surface area contributed by atoms with E-state index in [9.17, 15) is 0 Å². The molecule has 106 valence electrons. The lowest BCUT2D eigenvalue weighted by molar-refractivity contribution is 0.918. The normalized spacial score (nSPS) is 11.6. The summed E-state index contributed by atoms with van der Waals surface area (Å²) in [5.74, 6) is 0.775. The molecule has 0 amide bonds. The summed E-state index contributed by atoms with van der Waals surface area (Å²) < 4.78 is 3.99. The minimum absolute atomic E-state index is 0.775. The Morgan fingerprint density at radius 1 is 1.19 bits per heavy atom. The Bertz CT molecular complexity index is 957. The van der Waals surface area contributed by atoms with Crippen molar-refractivity contribution >= 4 is 27.9 Å². The fraction of sp³-hybridized carbons (Fsp3) is 0.214. The van der Waals surface area contributed by atoms with Gasteiger partial charge in [0, 0.05) is 26.5 Å². The van der Waals surface area contributed by atoms with Crippen LogP contribution in [0, 0.1) is 0 Å². The number of hydrogen-bond acceptors (Lipinski definition) is 4. The number of rotatable bonds is 2. The summed E-state index contributed by atoms with van der Waals surface area (Å²) in [6.07, 6.45) is 5.43. The number of pyridine rings is 1. The number of aryl methyl sites for hydroxylation is 2. The highest BCUT2D eigenvalue weighted by Gasteiger charge is 2.15. The summed E-state index contributed by atoms with van der Waals surface area (Å²) in [5, 5.41) is 4.16. The van der Waals surface area contributed by atoms with E-state index in [1.165, 1.54) is 0 Å². The lowest BCUT2D eigenvalue weighted by atomic mass is 10.2. The summed E-state index contributed by atoms with van der Waals surface area (Å²) in [4.78, 5) is 16.6. The van der Waals surface area contributed by atoms with Gasteiger partial charge in [0.2, 0.25) is 0 Å². The summed E-state index contributed by atoms with van der Waals surface area (Å²) in [6, 6.07) is 2.10. The lowest BCUT2D eigenvalue weighted by Gasteiger charge is -2.02. The highest BCUT2D eigenvalue weighted by molar-refractivity contribution is 6.07. The molecule has 2 N–H and O–H groups in total. The maximum atomic E-state index is 4.62. The monoisotopic (exact) mass is 281 g/mol. The second-order valence-electron chi connectivity index (χ2n) is 5.10. The van der Waals surface area contributed by atoms with Crippen LogP contribution in [0.1, 0.15) is 0 Å². The fourth-order valence-electron chi connectivity index (χ4n) is 2.73. The summed E-state index contributed by atoms with van der Waals surface area (Å²) in [6.45, 7) is 0. The number of aromatic amines is 1. The van der Waals surface area contributed by atoms with Crippen LogP contribution in [0.25, 0.3) is 33.5 Å². The molecule has 7 nitrogen and oxygen atoms in total. The van der Waals surface area contributed by atoms with Crippen molar-refractivity contribution in [2.45, 2.75) is 0 Å². The zero-order valence-electron chi connectivity index (χ0n) is 12.0. The van der Waals surface area contributed by atoms with Crippen LogP contribution in [0.4, 0.5) is 5.82 Å². The molecule has 0 saturated heterocycles. The van der Waals surface area contributed by atoms with Crippen molar-refractivity contribution in [1.82, 2.24) is 29.1 Å². The topological polar surface area (TPSA) is 76.3 Å². The number of nitrogens with one attached hydrogen (secondary N) is 2. The number of aromatic nitrogens is 6. The first-order valence-electron chi connectivity index (χ1n) is 6.67. The zero-order chi connectivity index (χ0) is 14.6. The van der Waals surface area contributed by atoms with E-state index in [2.05, 4.69) is 31.3 Å². The maximum Gasteiger partial charge on any atom is 0.156 e.